The maximum atomic E-state index is 12.4. The van der Waals surface area contributed by atoms with Crippen LogP contribution in [0.2, 0.25) is 0 Å². The maximum Gasteiger partial charge on any atom is 0.273 e. The Morgan fingerprint density at radius 3 is 3.11 bits per heavy atom. The number of carbonyl (C=O) groups is 1. The molecule has 2 heterocycles. The molecule has 1 aliphatic carbocycles. The number of morpholine rings is 1. The molecule has 18 heavy (non-hydrogen) atoms. The number of thiazole rings is 1. The number of hydrogen-bond acceptors (Lipinski definition) is 5. The van der Waals surface area contributed by atoms with Gasteiger partial charge in [-0.25, -0.2) is 4.98 Å². The van der Waals surface area contributed by atoms with Crippen molar-refractivity contribution >= 4 is 22.4 Å². The van der Waals surface area contributed by atoms with Crippen molar-refractivity contribution < 1.29 is 9.53 Å². The van der Waals surface area contributed by atoms with Crippen molar-refractivity contribution in [1.82, 2.24) is 9.88 Å². The average Bonchev–Trinajstić information content (AvgIpc) is 2.84. The van der Waals surface area contributed by atoms with Crippen LogP contribution >= 0.6 is 11.3 Å². The van der Waals surface area contributed by atoms with E-state index >= 15 is 0 Å². The number of nitrogens with zero attached hydrogens (tertiary/aromatic N) is 2. The molecule has 1 aliphatic heterocycles. The van der Waals surface area contributed by atoms with Crippen LogP contribution in [0.15, 0.2) is 5.38 Å². The average molecular weight is 267 g/mol. The van der Waals surface area contributed by atoms with Gasteiger partial charge in [-0.1, -0.05) is 12.8 Å². The Labute approximate surface area is 110 Å². The lowest BCUT2D eigenvalue weighted by Crippen LogP contribution is -2.54. The van der Waals surface area contributed by atoms with Gasteiger partial charge in [0.15, 0.2) is 5.13 Å². The highest BCUT2D eigenvalue weighted by Crippen LogP contribution is 2.29. The normalized spacial score (nSPS) is 27.9. The van der Waals surface area contributed by atoms with Crippen LogP contribution in [0.3, 0.4) is 0 Å². The standard InChI is InChI=1S/C12H17N3O2S/c13-12-14-8(7-18-12)11(16)15-5-6-17-10-4-2-1-3-9(10)15/h7,9-10H,1-6H2,(H2,13,14). The Balaban J connectivity index is 1.79. The van der Waals surface area contributed by atoms with E-state index in [0.29, 0.717) is 24.0 Å². The van der Waals surface area contributed by atoms with Crippen molar-refractivity contribution in [2.24, 2.45) is 0 Å². The number of anilines is 1. The Hall–Kier alpha value is -1.14. The molecule has 6 heteroatoms. The Bertz CT molecular complexity index is 446. The third-order valence-electron chi connectivity index (χ3n) is 3.73. The van der Waals surface area contributed by atoms with Gasteiger partial charge in [0.1, 0.15) is 5.69 Å². The first-order chi connectivity index (χ1) is 8.75. The summed E-state index contributed by atoms with van der Waals surface area (Å²) in [5.41, 5.74) is 6.07. The second kappa shape index (κ2) is 4.85. The molecule has 1 saturated carbocycles. The van der Waals surface area contributed by atoms with Crippen LogP contribution in [0.4, 0.5) is 5.13 Å². The van der Waals surface area contributed by atoms with E-state index in [2.05, 4.69) is 4.98 Å². The molecule has 2 unspecified atom stereocenters. The molecule has 0 spiro atoms. The summed E-state index contributed by atoms with van der Waals surface area (Å²) >= 11 is 1.31. The molecule has 1 aromatic heterocycles. The molecule has 1 saturated heterocycles. The van der Waals surface area contributed by atoms with Crippen LogP contribution in [-0.2, 0) is 4.74 Å². The number of nitrogen functional groups attached to an aromatic ring is 1. The minimum Gasteiger partial charge on any atom is -0.375 e. The summed E-state index contributed by atoms with van der Waals surface area (Å²) in [5, 5.41) is 2.19. The van der Waals surface area contributed by atoms with Gasteiger partial charge < -0.3 is 15.4 Å². The molecule has 2 aliphatic rings. The molecule has 2 N–H and O–H groups in total. The van der Waals surface area contributed by atoms with E-state index in [1.54, 1.807) is 5.38 Å². The van der Waals surface area contributed by atoms with Gasteiger partial charge >= 0.3 is 0 Å². The third-order valence-corrected chi connectivity index (χ3v) is 4.41. The van der Waals surface area contributed by atoms with E-state index in [1.165, 1.54) is 24.2 Å². The van der Waals surface area contributed by atoms with Gasteiger partial charge in [-0.2, -0.15) is 0 Å². The smallest absolute Gasteiger partial charge is 0.273 e. The summed E-state index contributed by atoms with van der Waals surface area (Å²) in [6.45, 7) is 1.30. The molecule has 3 rings (SSSR count). The van der Waals surface area contributed by atoms with E-state index in [9.17, 15) is 4.79 Å². The quantitative estimate of drug-likeness (QED) is 0.837. The fourth-order valence-electron chi connectivity index (χ4n) is 2.88. The largest absolute Gasteiger partial charge is 0.375 e. The molecule has 5 nitrogen and oxygen atoms in total. The number of nitrogens with two attached hydrogens (primary N) is 1. The van der Waals surface area contributed by atoms with Crippen molar-refractivity contribution in [2.75, 3.05) is 18.9 Å². The van der Waals surface area contributed by atoms with E-state index in [1.807, 2.05) is 4.90 Å². The minimum absolute atomic E-state index is 0.00292. The van der Waals surface area contributed by atoms with E-state index in [4.69, 9.17) is 10.5 Å². The number of rotatable bonds is 1. The van der Waals surface area contributed by atoms with Gasteiger partial charge in [-0.15, -0.1) is 11.3 Å². The molecule has 2 atom stereocenters. The van der Waals surface area contributed by atoms with Gasteiger partial charge in [0.25, 0.3) is 5.91 Å². The number of amides is 1. The van der Waals surface area contributed by atoms with Crippen LogP contribution in [0.25, 0.3) is 0 Å². The predicted molar refractivity (Wildman–Crippen MR) is 69.6 cm³/mol. The first-order valence-electron chi connectivity index (χ1n) is 6.39. The third kappa shape index (κ3) is 2.10. The zero-order valence-electron chi connectivity index (χ0n) is 10.2. The van der Waals surface area contributed by atoms with Gasteiger partial charge in [0, 0.05) is 11.9 Å². The molecular weight excluding hydrogens is 250 g/mol. The van der Waals surface area contributed by atoms with Crippen LogP contribution < -0.4 is 5.73 Å². The molecular formula is C12H17N3O2S. The monoisotopic (exact) mass is 267 g/mol. The van der Waals surface area contributed by atoms with Gasteiger partial charge in [0.2, 0.25) is 0 Å². The van der Waals surface area contributed by atoms with E-state index < -0.39 is 0 Å². The van der Waals surface area contributed by atoms with Gasteiger partial charge in [0.05, 0.1) is 18.8 Å². The summed E-state index contributed by atoms with van der Waals surface area (Å²) in [5.74, 6) is 0.00292. The molecule has 98 valence electrons. The van der Waals surface area contributed by atoms with Gasteiger partial charge in [-0.05, 0) is 12.8 Å². The number of ether oxygens (including phenoxy) is 1. The Morgan fingerprint density at radius 2 is 2.33 bits per heavy atom. The van der Waals surface area contributed by atoms with Crippen LogP contribution in [0.1, 0.15) is 36.2 Å². The Morgan fingerprint density at radius 1 is 1.50 bits per heavy atom. The van der Waals surface area contributed by atoms with Crippen molar-refractivity contribution in [1.29, 1.82) is 0 Å². The second-order valence-corrected chi connectivity index (χ2v) is 5.72. The predicted octanol–water partition coefficient (Wildman–Crippen LogP) is 1.51. The fourth-order valence-corrected chi connectivity index (χ4v) is 3.42. The highest BCUT2D eigenvalue weighted by Gasteiger charge is 2.37. The summed E-state index contributed by atoms with van der Waals surface area (Å²) in [7, 11) is 0. The first kappa shape index (κ1) is 11.9. The van der Waals surface area contributed by atoms with E-state index in [0.717, 1.165) is 12.8 Å². The molecule has 1 amide bonds. The second-order valence-electron chi connectivity index (χ2n) is 4.83. The molecule has 0 aromatic carbocycles. The Kier molecular flexibility index (Phi) is 3.22. The van der Waals surface area contributed by atoms with Crippen LogP contribution in [-0.4, -0.2) is 41.1 Å². The zero-order chi connectivity index (χ0) is 12.5. The molecule has 0 radical (unpaired) electrons. The van der Waals surface area contributed by atoms with Crippen molar-refractivity contribution in [3.05, 3.63) is 11.1 Å². The van der Waals surface area contributed by atoms with Crippen molar-refractivity contribution in [3.63, 3.8) is 0 Å². The summed E-state index contributed by atoms with van der Waals surface area (Å²) < 4.78 is 5.77. The SMILES string of the molecule is Nc1nc(C(=O)N2CCOC3CCCCC32)cs1. The van der Waals surface area contributed by atoms with Crippen LogP contribution in [0.5, 0.6) is 0 Å². The first-order valence-corrected chi connectivity index (χ1v) is 7.27. The maximum absolute atomic E-state index is 12.4. The lowest BCUT2D eigenvalue weighted by molar-refractivity contribution is -0.0754. The molecule has 1 aromatic rings. The number of aromatic nitrogens is 1. The lowest BCUT2D eigenvalue weighted by Gasteiger charge is -2.43. The number of fused-ring (bicyclic) bond motifs is 1. The zero-order valence-corrected chi connectivity index (χ0v) is 11.0. The minimum atomic E-state index is 0.00292. The van der Waals surface area contributed by atoms with Crippen molar-refractivity contribution in [2.45, 2.75) is 37.8 Å². The highest BCUT2D eigenvalue weighted by molar-refractivity contribution is 7.13. The van der Waals surface area contributed by atoms with Crippen LogP contribution in [0, 0.1) is 0 Å². The van der Waals surface area contributed by atoms with E-state index in [-0.39, 0.29) is 18.1 Å². The molecule has 2 fully saturated rings. The fraction of sp³-hybridized carbons (Fsp3) is 0.667. The topological polar surface area (TPSA) is 68.5 Å². The van der Waals surface area contributed by atoms with Crippen molar-refractivity contribution in [3.8, 4) is 0 Å². The summed E-state index contributed by atoms with van der Waals surface area (Å²) in [6.07, 6.45) is 4.69. The number of hydrogen-bond donors (Lipinski definition) is 1. The molecule has 0 bridgehead atoms. The highest BCUT2D eigenvalue weighted by atomic mass is 32.1. The summed E-state index contributed by atoms with van der Waals surface area (Å²) in [4.78, 5) is 18.4. The summed E-state index contributed by atoms with van der Waals surface area (Å²) in [6, 6.07) is 0.225. The number of carbonyl (C=O) groups excluding carboxylic acids is 1. The van der Waals surface area contributed by atoms with Gasteiger partial charge in [-0.3, -0.25) is 4.79 Å². The lowest BCUT2D eigenvalue weighted by atomic mass is 9.90.